The second-order valence-electron chi connectivity index (χ2n) is 7.05. The molecule has 0 aliphatic carbocycles. The molecule has 6 nitrogen and oxygen atoms in total. The van der Waals surface area contributed by atoms with E-state index < -0.39 is 5.97 Å². The summed E-state index contributed by atoms with van der Waals surface area (Å²) in [5, 5.41) is 3.48. The van der Waals surface area contributed by atoms with Gasteiger partial charge >= 0.3 is 5.97 Å². The summed E-state index contributed by atoms with van der Waals surface area (Å²) in [6.07, 6.45) is 0.778. The number of ether oxygens (including phenoxy) is 1. The minimum Gasteiger partial charge on any atom is -0.452 e. The number of rotatable bonds is 4. The Morgan fingerprint density at radius 3 is 2.86 bits per heavy atom. The predicted octanol–water partition coefficient (Wildman–Crippen LogP) is 3.78. The van der Waals surface area contributed by atoms with Crippen molar-refractivity contribution in [1.29, 1.82) is 0 Å². The van der Waals surface area contributed by atoms with Crippen molar-refractivity contribution in [1.82, 2.24) is 9.88 Å². The molecule has 2 aromatic carbocycles. The molecular formula is C22H20BrN3O3. The molecule has 1 aliphatic rings. The highest BCUT2D eigenvalue weighted by Gasteiger charge is 2.25. The standard InChI is InChI=1S/C22H20BrN3O3/c1-26-10-9-19-17(12-26)21(16-7-2-3-8-18(16)25-19)22(28)29-13-20(27)24-15-6-4-5-14(23)11-15/h2-8,11H,9-10,12-13H2,1H3,(H,24,27). The molecule has 4 rings (SSSR count). The topological polar surface area (TPSA) is 71.5 Å². The summed E-state index contributed by atoms with van der Waals surface area (Å²) in [6.45, 7) is 1.16. The van der Waals surface area contributed by atoms with Crippen molar-refractivity contribution in [2.24, 2.45) is 0 Å². The normalized spacial score (nSPS) is 13.7. The Hall–Kier alpha value is -2.77. The minimum absolute atomic E-state index is 0.355. The molecule has 7 heteroatoms. The molecule has 0 bridgehead atoms. The summed E-state index contributed by atoms with van der Waals surface area (Å²) in [5.74, 6) is -0.889. The fourth-order valence-electron chi connectivity index (χ4n) is 3.52. The van der Waals surface area contributed by atoms with Gasteiger partial charge in [0, 0.05) is 46.3 Å². The maximum absolute atomic E-state index is 13.0. The average molecular weight is 454 g/mol. The number of halogens is 1. The number of esters is 1. The Balaban J connectivity index is 1.56. The van der Waals surface area contributed by atoms with Crippen LogP contribution in [0.15, 0.2) is 53.0 Å². The smallest absolute Gasteiger partial charge is 0.339 e. The summed E-state index contributed by atoms with van der Waals surface area (Å²) >= 11 is 3.36. The number of fused-ring (bicyclic) bond motifs is 2. The largest absolute Gasteiger partial charge is 0.452 e. The van der Waals surface area contributed by atoms with Crippen LogP contribution in [0.2, 0.25) is 0 Å². The molecule has 1 N–H and O–H groups in total. The number of aromatic nitrogens is 1. The lowest BCUT2D eigenvalue weighted by Crippen LogP contribution is -2.30. The maximum Gasteiger partial charge on any atom is 0.339 e. The van der Waals surface area contributed by atoms with Crippen LogP contribution in [-0.4, -0.2) is 42.0 Å². The highest BCUT2D eigenvalue weighted by molar-refractivity contribution is 9.10. The fraction of sp³-hybridized carbons (Fsp3) is 0.227. The van der Waals surface area contributed by atoms with Gasteiger partial charge in [-0.15, -0.1) is 0 Å². The van der Waals surface area contributed by atoms with Gasteiger partial charge in [0.2, 0.25) is 0 Å². The van der Waals surface area contributed by atoms with Crippen LogP contribution in [0.1, 0.15) is 21.6 Å². The van der Waals surface area contributed by atoms with Gasteiger partial charge in [0.25, 0.3) is 5.91 Å². The lowest BCUT2D eigenvalue weighted by Gasteiger charge is -2.26. The number of para-hydroxylation sites is 1. The number of anilines is 1. The lowest BCUT2D eigenvalue weighted by atomic mass is 9.96. The monoisotopic (exact) mass is 453 g/mol. The molecule has 1 aromatic heterocycles. The highest BCUT2D eigenvalue weighted by Crippen LogP contribution is 2.28. The molecule has 0 saturated carbocycles. The second kappa shape index (κ2) is 8.31. The van der Waals surface area contributed by atoms with Crippen molar-refractivity contribution < 1.29 is 14.3 Å². The molecule has 0 unspecified atom stereocenters. The van der Waals surface area contributed by atoms with Gasteiger partial charge in [0.15, 0.2) is 6.61 Å². The molecule has 0 spiro atoms. The van der Waals surface area contributed by atoms with Crippen molar-refractivity contribution in [3.63, 3.8) is 0 Å². The molecule has 0 radical (unpaired) electrons. The van der Waals surface area contributed by atoms with Crippen molar-refractivity contribution in [3.8, 4) is 0 Å². The van der Waals surface area contributed by atoms with Gasteiger partial charge in [0.05, 0.1) is 11.1 Å². The Labute approximate surface area is 177 Å². The number of nitrogens with zero attached hydrogens (tertiary/aromatic N) is 2. The van der Waals surface area contributed by atoms with Gasteiger partial charge in [-0.1, -0.05) is 40.2 Å². The molecule has 148 valence electrons. The number of hydrogen-bond acceptors (Lipinski definition) is 5. The van der Waals surface area contributed by atoms with Gasteiger partial charge in [-0.3, -0.25) is 9.78 Å². The number of benzene rings is 2. The first-order chi connectivity index (χ1) is 14.0. The van der Waals surface area contributed by atoms with Crippen LogP contribution in [-0.2, 0) is 22.5 Å². The van der Waals surface area contributed by atoms with E-state index in [1.165, 1.54) is 0 Å². The van der Waals surface area contributed by atoms with E-state index in [0.717, 1.165) is 39.6 Å². The van der Waals surface area contributed by atoms with Crippen molar-refractivity contribution in [2.45, 2.75) is 13.0 Å². The van der Waals surface area contributed by atoms with E-state index in [0.29, 0.717) is 17.8 Å². The van der Waals surface area contributed by atoms with Crippen LogP contribution in [0.5, 0.6) is 0 Å². The molecule has 2 heterocycles. The van der Waals surface area contributed by atoms with E-state index in [9.17, 15) is 9.59 Å². The van der Waals surface area contributed by atoms with E-state index in [1.807, 2.05) is 43.4 Å². The van der Waals surface area contributed by atoms with Crippen LogP contribution < -0.4 is 5.32 Å². The fourth-order valence-corrected chi connectivity index (χ4v) is 3.92. The first kappa shape index (κ1) is 19.5. The lowest BCUT2D eigenvalue weighted by molar-refractivity contribution is -0.119. The number of pyridine rings is 1. The van der Waals surface area contributed by atoms with Crippen LogP contribution in [0, 0.1) is 0 Å². The Kier molecular flexibility index (Phi) is 5.60. The molecule has 0 saturated heterocycles. The number of amides is 1. The first-order valence-corrected chi connectivity index (χ1v) is 10.1. The number of likely N-dealkylation sites (N-methyl/N-ethyl adjacent to an activating group) is 1. The molecular weight excluding hydrogens is 434 g/mol. The first-order valence-electron chi connectivity index (χ1n) is 9.33. The maximum atomic E-state index is 13.0. The van der Waals surface area contributed by atoms with E-state index in [-0.39, 0.29) is 12.5 Å². The zero-order valence-corrected chi connectivity index (χ0v) is 17.5. The second-order valence-corrected chi connectivity index (χ2v) is 7.97. The minimum atomic E-state index is -0.500. The van der Waals surface area contributed by atoms with Crippen LogP contribution >= 0.6 is 15.9 Å². The zero-order valence-electron chi connectivity index (χ0n) is 15.9. The zero-order chi connectivity index (χ0) is 20.4. The summed E-state index contributed by atoms with van der Waals surface area (Å²) in [6, 6.07) is 14.8. The predicted molar refractivity (Wildman–Crippen MR) is 115 cm³/mol. The number of carbonyl (C=O) groups is 2. The molecule has 29 heavy (non-hydrogen) atoms. The van der Waals surface area contributed by atoms with Crippen molar-refractivity contribution >= 4 is 44.4 Å². The quantitative estimate of drug-likeness (QED) is 0.608. The van der Waals surface area contributed by atoms with E-state index in [4.69, 9.17) is 9.72 Å². The van der Waals surface area contributed by atoms with Gasteiger partial charge < -0.3 is 15.0 Å². The van der Waals surface area contributed by atoms with Gasteiger partial charge in [0.1, 0.15) is 0 Å². The highest BCUT2D eigenvalue weighted by atomic mass is 79.9. The molecule has 3 aromatic rings. The SMILES string of the molecule is CN1CCc2nc3ccccc3c(C(=O)OCC(=O)Nc3cccc(Br)c3)c2C1. The van der Waals surface area contributed by atoms with Gasteiger partial charge in [-0.05, 0) is 31.3 Å². The summed E-state index contributed by atoms with van der Waals surface area (Å²) in [5.41, 5.74) is 3.71. The molecule has 0 atom stereocenters. The van der Waals surface area contributed by atoms with E-state index in [1.54, 1.807) is 12.1 Å². The summed E-state index contributed by atoms with van der Waals surface area (Å²) in [4.78, 5) is 32.1. The van der Waals surface area contributed by atoms with Crippen molar-refractivity contribution in [3.05, 3.63) is 69.8 Å². The third-order valence-corrected chi connectivity index (χ3v) is 5.38. The third kappa shape index (κ3) is 4.31. The van der Waals surface area contributed by atoms with Crippen LogP contribution in [0.25, 0.3) is 10.9 Å². The summed E-state index contributed by atoms with van der Waals surface area (Å²) in [7, 11) is 2.01. The molecule has 1 amide bonds. The van der Waals surface area contributed by atoms with E-state index >= 15 is 0 Å². The number of nitrogens with one attached hydrogen (secondary N) is 1. The number of carbonyl (C=O) groups excluding carboxylic acids is 2. The molecule has 1 aliphatic heterocycles. The van der Waals surface area contributed by atoms with Crippen LogP contribution in [0.4, 0.5) is 5.69 Å². The van der Waals surface area contributed by atoms with Crippen molar-refractivity contribution in [2.75, 3.05) is 25.5 Å². The van der Waals surface area contributed by atoms with Gasteiger partial charge in [-0.2, -0.15) is 0 Å². The number of hydrogen-bond donors (Lipinski definition) is 1. The van der Waals surface area contributed by atoms with E-state index in [2.05, 4.69) is 26.1 Å². The molecule has 0 fully saturated rings. The van der Waals surface area contributed by atoms with Crippen LogP contribution in [0.3, 0.4) is 0 Å². The van der Waals surface area contributed by atoms with Gasteiger partial charge in [-0.25, -0.2) is 4.79 Å². The Bertz CT molecular complexity index is 1100. The average Bonchev–Trinajstić information content (AvgIpc) is 2.70. The Morgan fingerprint density at radius 1 is 1.21 bits per heavy atom. The summed E-state index contributed by atoms with van der Waals surface area (Å²) < 4.78 is 6.25. The third-order valence-electron chi connectivity index (χ3n) is 4.88. The Morgan fingerprint density at radius 2 is 2.03 bits per heavy atom.